The molecule has 2 atom stereocenters. The molecule has 3 N–H and O–H groups in total. The maximum absolute atomic E-state index is 14.2. The number of aliphatic carboxylic acids is 2. The number of morpholine rings is 2. The van der Waals surface area contributed by atoms with Crippen LogP contribution in [0.5, 0.6) is 5.75 Å². The fourth-order valence-corrected chi connectivity index (χ4v) is 4.69. The van der Waals surface area contributed by atoms with Crippen LogP contribution >= 0.6 is 0 Å². The van der Waals surface area contributed by atoms with Gasteiger partial charge in [-0.2, -0.15) is 5.26 Å². The highest BCUT2D eigenvalue weighted by Gasteiger charge is 2.50. The van der Waals surface area contributed by atoms with Crippen LogP contribution in [0.4, 0.5) is 9.18 Å². The fraction of sp³-hybridized carbons (Fsp3) is 0.538. The Labute approximate surface area is 225 Å². The molecule has 0 aliphatic carbocycles. The van der Waals surface area contributed by atoms with Gasteiger partial charge < -0.3 is 29.7 Å². The average Bonchev–Trinajstić information content (AvgIpc) is 2.81. The third-order valence-corrected chi connectivity index (χ3v) is 6.09. The number of carboxylic acids is 2. The lowest BCUT2D eigenvalue weighted by Gasteiger charge is -2.53. The lowest BCUT2D eigenvalue weighted by atomic mass is 9.87. The number of rotatable bonds is 10. The molecule has 12 nitrogen and oxygen atoms in total. The first kappa shape index (κ1) is 29.8. The molecule has 2 unspecified atom stereocenters. The van der Waals surface area contributed by atoms with Crippen LogP contribution in [0.15, 0.2) is 29.8 Å². The van der Waals surface area contributed by atoms with Crippen molar-refractivity contribution in [3.63, 3.8) is 0 Å². The number of benzene rings is 1. The average molecular weight is 549 g/mol. The normalized spacial score (nSPS) is 22.0. The van der Waals surface area contributed by atoms with E-state index in [1.807, 2.05) is 15.9 Å². The van der Waals surface area contributed by atoms with Gasteiger partial charge in [-0.05, 0) is 39.0 Å². The van der Waals surface area contributed by atoms with Crippen LogP contribution in [0.25, 0.3) is 0 Å². The van der Waals surface area contributed by atoms with E-state index in [0.717, 1.165) is 6.07 Å². The minimum absolute atomic E-state index is 0.0159. The highest BCUT2D eigenvalue weighted by atomic mass is 19.1. The SMILES string of the molecule is CC(C)(C)OC(=O)NCCN1CC2CN(CCOc3ccc(C#N)cc3F)CC(C(=CC(=O)O)C(=O)O)(C1)O2. The van der Waals surface area contributed by atoms with Gasteiger partial charge in [0.2, 0.25) is 0 Å². The van der Waals surface area contributed by atoms with Crippen LogP contribution < -0.4 is 10.1 Å². The number of ether oxygens (including phenoxy) is 3. The topological polar surface area (TPSA) is 162 Å². The second-order valence-electron chi connectivity index (χ2n) is 10.4. The monoisotopic (exact) mass is 548 g/mol. The van der Waals surface area contributed by atoms with Crippen molar-refractivity contribution in [2.45, 2.75) is 38.1 Å². The molecular weight excluding hydrogens is 515 g/mol. The summed E-state index contributed by atoms with van der Waals surface area (Å²) < 4.78 is 31.1. The van der Waals surface area contributed by atoms with Gasteiger partial charge >= 0.3 is 18.0 Å². The molecule has 2 aliphatic heterocycles. The second kappa shape index (κ2) is 12.4. The number of carbonyl (C=O) groups excluding carboxylic acids is 1. The molecule has 2 saturated heterocycles. The summed E-state index contributed by atoms with van der Waals surface area (Å²) in [5, 5.41) is 30.8. The van der Waals surface area contributed by atoms with Crippen molar-refractivity contribution in [2.24, 2.45) is 0 Å². The van der Waals surface area contributed by atoms with Crippen LogP contribution in [-0.4, -0.2) is 108 Å². The molecule has 13 heteroatoms. The Hall–Kier alpha value is -3.73. The number of hydrogen-bond acceptors (Lipinski definition) is 9. The molecule has 0 aromatic heterocycles. The van der Waals surface area contributed by atoms with E-state index in [9.17, 15) is 29.0 Å². The third kappa shape index (κ3) is 8.38. The highest BCUT2D eigenvalue weighted by molar-refractivity contribution is 5.96. The molecule has 0 radical (unpaired) electrons. The molecule has 2 fully saturated rings. The zero-order valence-corrected chi connectivity index (χ0v) is 22.1. The number of carboxylic acid groups (broad SMARTS) is 2. The van der Waals surface area contributed by atoms with E-state index in [-0.39, 0.29) is 37.6 Å². The Balaban J connectivity index is 1.70. The van der Waals surface area contributed by atoms with Gasteiger partial charge in [0.25, 0.3) is 0 Å². The smallest absolute Gasteiger partial charge is 0.407 e. The van der Waals surface area contributed by atoms with E-state index in [2.05, 4.69) is 5.32 Å². The van der Waals surface area contributed by atoms with Gasteiger partial charge in [0, 0.05) is 51.9 Å². The second-order valence-corrected chi connectivity index (χ2v) is 10.4. The minimum atomic E-state index is -1.46. The lowest BCUT2D eigenvalue weighted by Crippen LogP contribution is -2.68. The zero-order chi connectivity index (χ0) is 28.8. The number of hydrogen-bond donors (Lipinski definition) is 3. The van der Waals surface area contributed by atoms with Crippen LogP contribution in [0.2, 0.25) is 0 Å². The van der Waals surface area contributed by atoms with E-state index in [1.165, 1.54) is 12.1 Å². The third-order valence-electron chi connectivity index (χ3n) is 6.09. The molecule has 1 aromatic carbocycles. The van der Waals surface area contributed by atoms with Gasteiger partial charge in [0.15, 0.2) is 11.6 Å². The largest absolute Gasteiger partial charge is 0.489 e. The van der Waals surface area contributed by atoms with E-state index >= 15 is 0 Å². The van der Waals surface area contributed by atoms with Crippen molar-refractivity contribution < 1.29 is 43.2 Å². The van der Waals surface area contributed by atoms with E-state index in [0.29, 0.717) is 32.3 Å². The summed E-state index contributed by atoms with van der Waals surface area (Å²) in [6.07, 6.45) is -0.390. The summed E-state index contributed by atoms with van der Waals surface area (Å²) in [5.74, 6) is -3.51. The Kier molecular flexibility index (Phi) is 9.49. The number of nitrogens with zero attached hydrogens (tertiary/aromatic N) is 3. The summed E-state index contributed by atoms with van der Waals surface area (Å²) in [4.78, 5) is 39.4. The predicted octanol–water partition coefficient (Wildman–Crippen LogP) is 1.45. The van der Waals surface area contributed by atoms with Crippen molar-refractivity contribution in [3.05, 3.63) is 41.2 Å². The quantitative estimate of drug-likeness (QED) is 0.363. The first-order valence-electron chi connectivity index (χ1n) is 12.4. The molecular formula is C26H33FN4O8. The van der Waals surface area contributed by atoms with Crippen molar-refractivity contribution in [2.75, 3.05) is 52.4 Å². The number of amides is 1. The number of nitrogens with one attached hydrogen (secondary N) is 1. The van der Waals surface area contributed by atoms with E-state index in [4.69, 9.17) is 19.5 Å². The number of carbonyl (C=O) groups is 3. The van der Waals surface area contributed by atoms with Crippen LogP contribution in [0.3, 0.4) is 0 Å². The molecule has 212 valence electrons. The first-order valence-corrected chi connectivity index (χ1v) is 12.4. The summed E-state index contributed by atoms with van der Waals surface area (Å²) in [5.41, 5.74) is -2.34. The standard InChI is InChI=1S/C26H33FN4O8/c1-25(2,3)39-24(36)29-6-7-30-13-18-14-31(8-9-37-21-5-4-17(12-28)10-20(21)27)16-26(15-30,38-18)19(23(34)35)11-22(32)33/h4-5,10-11,18H,6-9,13-16H2,1-3H3,(H,29,36)(H,32,33)(H,34,35). The summed E-state index contributed by atoms with van der Waals surface area (Å²) >= 11 is 0. The Morgan fingerprint density at radius 2 is 1.90 bits per heavy atom. The van der Waals surface area contributed by atoms with Crippen molar-refractivity contribution in [3.8, 4) is 11.8 Å². The number of alkyl carbamates (subject to hydrolysis) is 1. The predicted molar refractivity (Wildman–Crippen MR) is 135 cm³/mol. The van der Waals surface area contributed by atoms with Crippen LogP contribution in [0, 0.1) is 17.1 Å². The maximum atomic E-state index is 14.2. The minimum Gasteiger partial charge on any atom is -0.489 e. The number of nitriles is 1. The van der Waals surface area contributed by atoms with Gasteiger partial charge in [0.1, 0.15) is 17.8 Å². The van der Waals surface area contributed by atoms with E-state index < -0.39 is 46.7 Å². The van der Waals surface area contributed by atoms with Crippen molar-refractivity contribution >= 4 is 18.0 Å². The Bertz CT molecular complexity index is 1160. The molecule has 1 amide bonds. The fourth-order valence-electron chi connectivity index (χ4n) is 4.69. The maximum Gasteiger partial charge on any atom is 0.407 e. The van der Waals surface area contributed by atoms with Crippen LogP contribution in [-0.2, 0) is 19.1 Å². The van der Waals surface area contributed by atoms with Gasteiger partial charge in [-0.3, -0.25) is 9.80 Å². The molecule has 39 heavy (non-hydrogen) atoms. The Morgan fingerprint density at radius 1 is 1.23 bits per heavy atom. The summed E-state index contributed by atoms with van der Waals surface area (Å²) in [6, 6.07) is 5.73. The van der Waals surface area contributed by atoms with Gasteiger partial charge in [-0.1, -0.05) is 0 Å². The molecule has 3 rings (SSSR count). The van der Waals surface area contributed by atoms with Gasteiger partial charge in [0.05, 0.1) is 23.3 Å². The molecule has 0 saturated carbocycles. The lowest BCUT2D eigenvalue weighted by molar-refractivity contribution is -0.189. The van der Waals surface area contributed by atoms with E-state index in [1.54, 1.807) is 20.8 Å². The molecule has 1 aromatic rings. The van der Waals surface area contributed by atoms with Crippen LogP contribution in [0.1, 0.15) is 26.3 Å². The Morgan fingerprint density at radius 3 is 2.46 bits per heavy atom. The molecule has 2 bridgehead atoms. The zero-order valence-electron chi connectivity index (χ0n) is 22.1. The molecule has 2 heterocycles. The van der Waals surface area contributed by atoms with Crippen molar-refractivity contribution in [1.29, 1.82) is 5.26 Å². The summed E-state index contributed by atoms with van der Waals surface area (Å²) in [7, 11) is 0. The van der Waals surface area contributed by atoms with Crippen molar-refractivity contribution in [1.82, 2.24) is 15.1 Å². The first-order chi connectivity index (χ1) is 18.3. The molecule has 2 aliphatic rings. The number of halogens is 1. The summed E-state index contributed by atoms with van der Waals surface area (Å²) in [6.45, 7) is 7.16. The highest BCUT2D eigenvalue weighted by Crippen LogP contribution is 2.34. The van der Waals surface area contributed by atoms with Gasteiger partial charge in [-0.15, -0.1) is 0 Å². The molecule has 0 spiro atoms. The number of fused-ring (bicyclic) bond motifs is 2. The van der Waals surface area contributed by atoms with Gasteiger partial charge in [-0.25, -0.2) is 18.8 Å².